The minimum Gasteiger partial charge on any atom is -0.477 e. The summed E-state index contributed by atoms with van der Waals surface area (Å²) in [6, 6.07) is 9.92. The highest BCUT2D eigenvalue weighted by atomic mass is 16.6. The maximum absolute atomic E-state index is 11.3. The summed E-state index contributed by atoms with van der Waals surface area (Å²) in [4.78, 5) is 31.9. The summed E-state index contributed by atoms with van der Waals surface area (Å²) in [6.07, 6.45) is 2.42. The molecular formula is C20H18N6O4. The van der Waals surface area contributed by atoms with E-state index in [0.29, 0.717) is 17.9 Å². The average molecular weight is 406 g/mol. The van der Waals surface area contributed by atoms with Crippen molar-refractivity contribution in [2.45, 2.75) is 13.0 Å². The van der Waals surface area contributed by atoms with E-state index in [4.69, 9.17) is 16.6 Å². The molecule has 0 radical (unpaired) electrons. The Morgan fingerprint density at radius 1 is 1.20 bits per heavy atom. The van der Waals surface area contributed by atoms with Gasteiger partial charge in [0.1, 0.15) is 11.4 Å². The minimum atomic E-state index is -1.33. The van der Waals surface area contributed by atoms with Crippen LogP contribution in [0.4, 0.5) is 23.1 Å². The standard InChI is InChI=1S/C20H18N6O4/c21-18-14(9-23-20(22)24-18)10-25-6-5-13-7-11(2-4-16(13)25)12-1-3-15(19(27)28)17(8-12)26(29)30/h1-4,7-9H,5-6,10H2,(H,27,28)(H4,21,22,23,24). The Morgan fingerprint density at radius 2 is 1.93 bits per heavy atom. The van der Waals surface area contributed by atoms with Crippen LogP contribution in [-0.2, 0) is 13.0 Å². The lowest BCUT2D eigenvalue weighted by atomic mass is 9.99. The van der Waals surface area contributed by atoms with E-state index in [1.807, 2.05) is 18.2 Å². The van der Waals surface area contributed by atoms with E-state index in [2.05, 4.69) is 14.9 Å². The molecule has 2 aromatic carbocycles. The van der Waals surface area contributed by atoms with Gasteiger partial charge in [0, 0.05) is 36.6 Å². The second-order valence-corrected chi connectivity index (χ2v) is 6.95. The molecule has 0 fully saturated rings. The number of nitrogens with zero attached hydrogens (tertiary/aromatic N) is 4. The van der Waals surface area contributed by atoms with Gasteiger partial charge in [-0.2, -0.15) is 4.98 Å². The SMILES string of the molecule is Nc1ncc(CN2CCc3cc(-c4ccc(C(=O)O)c([N+](=O)[O-])c4)ccc32)c(N)n1. The number of fused-ring (bicyclic) bond motifs is 1. The first-order valence-electron chi connectivity index (χ1n) is 9.10. The van der Waals surface area contributed by atoms with Gasteiger partial charge >= 0.3 is 5.97 Å². The highest BCUT2D eigenvalue weighted by Crippen LogP contribution is 2.35. The second kappa shape index (κ2) is 7.32. The van der Waals surface area contributed by atoms with Crippen molar-refractivity contribution in [1.29, 1.82) is 0 Å². The fourth-order valence-electron chi connectivity index (χ4n) is 3.62. The Kier molecular flexibility index (Phi) is 4.66. The highest BCUT2D eigenvalue weighted by molar-refractivity contribution is 5.93. The van der Waals surface area contributed by atoms with Gasteiger partial charge in [-0.15, -0.1) is 0 Å². The molecule has 30 heavy (non-hydrogen) atoms. The normalized spacial score (nSPS) is 12.6. The number of benzene rings is 2. The summed E-state index contributed by atoms with van der Waals surface area (Å²) >= 11 is 0. The van der Waals surface area contributed by atoms with Crippen molar-refractivity contribution in [3.63, 3.8) is 0 Å². The minimum absolute atomic E-state index is 0.130. The molecule has 0 amide bonds. The van der Waals surface area contributed by atoms with Gasteiger partial charge in [-0.25, -0.2) is 9.78 Å². The number of hydrogen-bond acceptors (Lipinski definition) is 8. The van der Waals surface area contributed by atoms with E-state index >= 15 is 0 Å². The zero-order valence-electron chi connectivity index (χ0n) is 15.8. The Bertz CT molecular complexity index is 1180. The number of carbonyl (C=O) groups is 1. The first-order valence-corrected chi connectivity index (χ1v) is 9.10. The van der Waals surface area contributed by atoms with Crippen LogP contribution in [0.5, 0.6) is 0 Å². The zero-order valence-corrected chi connectivity index (χ0v) is 15.8. The van der Waals surface area contributed by atoms with E-state index in [1.165, 1.54) is 12.1 Å². The molecule has 0 aliphatic carbocycles. The molecule has 2 heterocycles. The zero-order chi connectivity index (χ0) is 21.4. The summed E-state index contributed by atoms with van der Waals surface area (Å²) in [7, 11) is 0. The largest absolute Gasteiger partial charge is 0.477 e. The van der Waals surface area contributed by atoms with Crippen molar-refractivity contribution >= 4 is 29.1 Å². The molecule has 1 aliphatic rings. The van der Waals surface area contributed by atoms with Gasteiger partial charge in [0.05, 0.1) is 4.92 Å². The van der Waals surface area contributed by atoms with Gasteiger partial charge in [0.15, 0.2) is 0 Å². The Morgan fingerprint density at radius 3 is 2.63 bits per heavy atom. The molecule has 1 aliphatic heterocycles. The maximum Gasteiger partial charge on any atom is 0.342 e. The number of rotatable bonds is 5. The molecule has 0 unspecified atom stereocenters. The molecule has 1 aromatic heterocycles. The predicted octanol–water partition coefficient (Wildman–Crippen LogP) is 2.48. The molecule has 0 spiro atoms. The molecule has 4 rings (SSSR count). The number of carboxylic acid groups (broad SMARTS) is 1. The van der Waals surface area contributed by atoms with Crippen molar-refractivity contribution in [2.24, 2.45) is 0 Å². The number of hydrogen-bond donors (Lipinski definition) is 3. The van der Waals surface area contributed by atoms with Crippen LogP contribution in [-0.4, -0.2) is 32.5 Å². The number of aromatic carboxylic acids is 1. The molecule has 0 atom stereocenters. The van der Waals surface area contributed by atoms with Crippen molar-refractivity contribution in [3.05, 3.63) is 69.4 Å². The number of nitro benzene ring substituents is 1. The first kappa shape index (κ1) is 19.1. The molecule has 0 bridgehead atoms. The smallest absolute Gasteiger partial charge is 0.342 e. The van der Waals surface area contributed by atoms with Crippen LogP contribution in [0, 0.1) is 10.1 Å². The fraction of sp³-hybridized carbons (Fsp3) is 0.150. The van der Waals surface area contributed by atoms with Gasteiger partial charge in [0.25, 0.3) is 5.69 Å². The molecule has 10 nitrogen and oxygen atoms in total. The Hall–Kier alpha value is -4.21. The molecule has 0 saturated carbocycles. The van der Waals surface area contributed by atoms with Crippen molar-refractivity contribution < 1.29 is 14.8 Å². The van der Waals surface area contributed by atoms with E-state index in [0.717, 1.165) is 35.3 Å². The van der Waals surface area contributed by atoms with Crippen molar-refractivity contribution in [3.8, 4) is 11.1 Å². The second-order valence-electron chi connectivity index (χ2n) is 6.95. The molecule has 10 heteroatoms. The number of nitro groups is 1. The topological polar surface area (TPSA) is 162 Å². The van der Waals surface area contributed by atoms with Crippen LogP contribution in [0.3, 0.4) is 0 Å². The number of aromatic nitrogens is 2. The summed E-state index contributed by atoms with van der Waals surface area (Å²) in [5.41, 5.74) is 15.0. The lowest BCUT2D eigenvalue weighted by molar-refractivity contribution is -0.385. The van der Waals surface area contributed by atoms with Crippen LogP contribution in [0.1, 0.15) is 21.5 Å². The number of carboxylic acids is 1. The lowest BCUT2D eigenvalue weighted by Gasteiger charge is -2.20. The van der Waals surface area contributed by atoms with E-state index in [9.17, 15) is 14.9 Å². The average Bonchev–Trinajstić information content (AvgIpc) is 3.11. The number of nitrogen functional groups attached to an aromatic ring is 2. The monoisotopic (exact) mass is 406 g/mol. The summed E-state index contributed by atoms with van der Waals surface area (Å²) in [5, 5.41) is 20.4. The number of nitrogens with two attached hydrogens (primary N) is 2. The third-order valence-corrected chi connectivity index (χ3v) is 5.11. The third-order valence-electron chi connectivity index (χ3n) is 5.11. The molecule has 152 valence electrons. The van der Waals surface area contributed by atoms with Crippen LogP contribution in [0.2, 0.25) is 0 Å². The summed E-state index contributed by atoms with van der Waals surface area (Å²) in [6.45, 7) is 1.32. The van der Waals surface area contributed by atoms with Gasteiger partial charge in [-0.3, -0.25) is 10.1 Å². The maximum atomic E-state index is 11.3. The quantitative estimate of drug-likeness (QED) is 0.427. The van der Waals surface area contributed by atoms with Crippen molar-refractivity contribution in [1.82, 2.24) is 9.97 Å². The number of anilines is 3. The van der Waals surface area contributed by atoms with Crippen LogP contribution >= 0.6 is 0 Å². The molecule has 0 saturated heterocycles. The predicted molar refractivity (Wildman–Crippen MR) is 111 cm³/mol. The molecular weight excluding hydrogens is 388 g/mol. The third kappa shape index (κ3) is 3.46. The molecule has 3 aromatic rings. The highest BCUT2D eigenvalue weighted by Gasteiger charge is 2.23. The van der Waals surface area contributed by atoms with Crippen LogP contribution in [0.15, 0.2) is 42.6 Å². The Labute approximate surface area is 170 Å². The van der Waals surface area contributed by atoms with E-state index in [1.54, 1.807) is 12.3 Å². The van der Waals surface area contributed by atoms with Crippen LogP contribution < -0.4 is 16.4 Å². The van der Waals surface area contributed by atoms with Crippen LogP contribution in [0.25, 0.3) is 11.1 Å². The van der Waals surface area contributed by atoms with E-state index < -0.39 is 16.6 Å². The summed E-state index contributed by atoms with van der Waals surface area (Å²) in [5.74, 6) is -0.854. The van der Waals surface area contributed by atoms with Gasteiger partial charge in [-0.1, -0.05) is 12.1 Å². The van der Waals surface area contributed by atoms with Crippen molar-refractivity contribution in [2.75, 3.05) is 22.9 Å². The first-order chi connectivity index (χ1) is 14.3. The fourth-order valence-corrected chi connectivity index (χ4v) is 3.62. The molecule has 5 N–H and O–H groups in total. The Balaban J connectivity index is 1.63. The summed E-state index contributed by atoms with van der Waals surface area (Å²) < 4.78 is 0. The van der Waals surface area contributed by atoms with E-state index in [-0.39, 0.29) is 11.5 Å². The van der Waals surface area contributed by atoms with Gasteiger partial charge in [0.2, 0.25) is 5.95 Å². The van der Waals surface area contributed by atoms with Gasteiger partial charge in [-0.05, 0) is 41.3 Å². The lowest BCUT2D eigenvalue weighted by Crippen LogP contribution is -2.21. The van der Waals surface area contributed by atoms with Gasteiger partial charge < -0.3 is 21.5 Å².